The van der Waals surface area contributed by atoms with Gasteiger partial charge in [-0.25, -0.2) is 9.59 Å². The summed E-state index contributed by atoms with van der Waals surface area (Å²) in [6.45, 7) is 1.65. The van der Waals surface area contributed by atoms with E-state index in [4.69, 9.17) is 14.2 Å². The van der Waals surface area contributed by atoms with Crippen molar-refractivity contribution in [1.82, 2.24) is 5.32 Å². The third-order valence-corrected chi connectivity index (χ3v) is 5.46. The number of carbonyl (C=O) groups excluding carboxylic acids is 3. The molecule has 0 spiro atoms. The maximum atomic E-state index is 13.3. The van der Waals surface area contributed by atoms with E-state index in [1.165, 1.54) is 7.11 Å². The highest BCUT2D eigenvalue weighted by atomic mass is 16.6. The zero-order valence-corrected chi connectivity index (χ0v) is 17.8. The summed E-state index contributed by atoms with van der Waals surface area (Å²) in [6.07, 6.45) is 1.94. The first-order valence-electron chi connectivity index (χ1n) is 10.5. The SMILES string of the molecule is CCOC(=O)C1(NC(=O)c2ccc(OC)cc2)C(=O)Oc2ccccc2C1C#CC1CC1. The zero-order chi connectivity index (χ0) is 22.7. The highest BCUT2D eigenvalue weighted by Gasteiger charge is 2.60. The average Bonchev–Trinajstić information content (AvgIpc) is 3.63. The first-order chi connectivity index (χ1) is 15.5. The van der Waals surface area contributed by atoms with Gasteiger partial charge in [0.2, 0.25) is 0 Å². The van der Waals surface area contributed by atoms with E-state index in [-0.39, 0.29) is 18.1 Å². The molecule has 1 aliphatic heterocycles. The summed E-state index contributed by atoms with van der Waals surface area (Å²) in [6, 6.07) is 13.2. The van der Waals surface area contributed by atoms with Crippen LogP contribution < -0.4 is 14.8 Å². The van der Waals surface area contributed by atoms with Gasteiger partial charge < -0.3 is 19.5 Å². The summed E-state index contributed by atoms with van der Waals surface area (Å²) in [5.41, 5.74) is -1.35. The topological polar surface area (TPSA) is 90.9 Å². The van der Waals surface area contributed by atoms with Crippen LogP contribution in [0.3, 0.4) is 0 Å². The number of carbonyl (C=O) groups is 3. The predicted molar refractivity (Wildman–Crippen MR) is 115 cm³/mol. The predicted octanol–water partition coefficient (Wildman–Crippen LogP) is 2.84. The van der Waals surface area contributed by atoms with E-state index in [0.29, 0.717) is 17.1 Å². The van der Waals surface area contributed by atoms with Crippen molar-refractivity contribution in [2.75, 3.05) is 13.7 Å². The minimum absolute atomic E-state index is 0.0245. The normalized spacial score (nSPS) is 21.3. The Hall–Kier alpha value is -3.79. The molecule has 2 aliphatic rings. The van der Waals surface area contributed by atoms with Crippen molar-refractivity contribution >= 4 is 17.8 Å². The van der Waals surface area contributed by atoms with Crippen molar-refractivity contribution in [3.05, 3.63) is 59.7 Å². The number of benzene rings is 2. The highest BCUT2D eigenvalue weighted by Crippen LogP contribution is 2.41. The molecule has 2 unspecified atom stereocenters. The Kier molecular flexibility index (Phi) is 5.87. The number of fused-ring (bicyclic) bond motifs is 1. The molecule has 32 heavy (non-hydrogen) atoms. The minimum Gasteiger partial charge on any atom is -0.497 e. The molecule has 164 valence electrons. The fourth-order valence-corrected chi connectivity index (χ4v) is 3.57. The van der Waals surface area contributed by atoms with Gasteiger partial charge in [-0.05, 0) is 50.1 Å². The van der Waals surface area contributed by atoms with E-state index >= 15 is 0 Å². The van der Waals surface area contributed by atoms with Crippen LogP contribution in [0.5, 0.6) is 11.5 Å². The minimum atomic E-state index is -2.14. The van der Waals surface area contributed by atoms with Gasteiger partial charge in [0, 0.05) is 17.0 Å². The molecule has 7 nitrogen and oxygen atoms in total. The first kappa shape index (κ1) is 21.4. The van der Waals surface area contributed by atoms with Gasteiger partial charge in [0.15, 0.2) is 0 Å². The fourth-order valence-electron chi connectivity index (χ4n) is 3.57. The monoisotopic (exact) mass is 433 g/mol. The highest BCUT2D eigenvalue weighted by molar-refractivity contribution is 6.13. The number of hydrogen-bond donors (Lipinski definition) is 1. The maximum Gasteiger partial charge on any atom is 0.350 e. The second kappa shape index (κ2) is 8.75. The van der Waals surface area contributed by atoms with Crippen molar-refractivity contribution in [1.29, 1.82) is 0 Å². The van der Waals surface area contributed by atoms with Crippen LogP contribution in [0.25, 0.3) is 0 Å². The van der Waals surface area contributed by atoms with E-state index < -0.39 is 29.3 Å². The van der Waals surface area contributed by atoms with Crippen LogP contribution in [-0.2, 0) is 14.3 Å². The molecule has 2 atom stereocenters. The fraction of sp³-hybridized carbons (Fsp3) is 0.320. The molecule has 0 radical (unpaired) electrons. The van der Waals surface area contributed by atoms with Gasteiger partial charge in [0.25, 0.3) is 11.4 Å². The Balaban J connectivity index is 1.81. The van der Waals surface area contributed by atoms with Crippen molar-refractivity contribution in [2.24, 2.45) is 5.92 Å². The lowest BCUT2D eigenvalue weighted by Crippen LogP contribution is -2.66. The summed E-state index contributed by atoms with van der Waals surface area (Å²) < 4.78 is 15.9. The quantitative estimate of drug-likeness (QED) is 0.338. The van der Waals surface area contributed by atoms with Crippen LogP contribution in [0.4, 0.5) is 0 Å². The van der Waals surface area contributed by atoms with E-state index in [0.717, 1.165) is 12.8 Å². The number of ether oxygens (including phenoxy) is 3. The standard InChI is InChI=1S/C25H23NO6/c1-3-31-23(28)25(26-22(27)17-11-13-18(30-2)14-12-17)20(15-10-16-8-9-16)19-6-4-5-7-21(19)32-24(25)29/h4-7,11-14,16,20H,3,8-9H2,1-2H3,(H,26,27). The second-order valence-electron chi connectivity index (χ2n) is 7.63. The Morgan fingerprint density at radius 1 is 1.12 bits per heavy atom. The van der Waals surface area contributed by atoms with Crippen LogP contribution in [-0.4, -0.2) is 37.1 Å². The third-order valence-electron chi connectivity index (χ3n) is 5.46. The van der Waals surface area contributed by atoms with Gasteiger partial charge in [0.05, 0.1) is 19.6 Å². The molecule has 1 N–H and O–H groups in total. The van der Waals surface area contributed by atoms with Crippen molar-refractivity contribution in [3.8, 4) is 23.3 Å². The number of hydrogen-bond acceptors (Lipinski definition) is 6. The van der Waals surface area contributed by atoms with Crippen LogP contribution in [0.2, 0.25) is 0 Å². The Morgan fingerprint density at radius 2 is 1.84 bits per heavy atom. The molecule has 4 rings (SSSR count). The number of amides is 1. The number of methoxy groups -OCH3 is 1. The summed E-state index contributed by atoms with van der Waals surface area (Å²) in [5, 5.41) is 2.62. The molecule has 1 fully saturated rings. The number of rotatable bonds is 5. The van der Waals surface area contributed by atoms with Crippen molar-refractivity contribution < 1.29 is 28.6 Å². The lowest BCUT2D eigenvalue weighted by Gasteiger charge is -2.38. The van der Waals surface area contributed by atoms with E-state index in [2.05, 4.69) is 17.2 Å². The molecule has 7 heteroatoms. The smallest absolute Gasteiger partial charge is 0.350 e. The molecular formula is C25H23NO6. The van der Waals surface area contributed by atoms with E-state index in [9.17, 15) is 14.4 Å². The van der Waals surface area contributed by atoms with Gasteiger partial charge >= 0.3 is 11.9 Å². The Labute approximate surface area is 186 Å². The zero-order valence-electron chi connectivity index (χ0n) is 17.8. The van der Waals surface area contributed by atoms with Crippen LogP contribution in [0.15, 0.2) is 48.5 Å². The maximum absolute atomic E-state index is 13.3. The Morgan fingerprint density at radius 3 is 2.50 bits per heavy atom. The first-order valence-corrected chi connectivity index (χ1v) is 10.5. The van der Waals surface area contributed by atoms with Gasteiger partial charge in [0.1, 0.15) is 11.5 Å². The molecule has 0 saturated heterocycles. The molecule has 2 aromatic carbocycles. The van der Waals surface area contributed by atoms with Crippen LogP contribution in [0, 0.1) is 17.8 Å². The lowest BCUT2D eigenvalue weighted by molar-refractivity contribution is -0.162. The molecule has 1 saturated carbocycles. The second-order valence-corrected chi connectivity index (χ2v) is 7.63. The van der Waals surface area contributed by atoms with Gasteiger partial charge in [-0.15, -0.1) is 0 Å². The molecule has 2 aromatic rings. The molecule has 0 bridgehead atoms. The van der Waals surface area contributed by atoms with Crippen LogP contribution >= 0.6 is 0 Å². The van der Waals surface area contributed by atoms with Gasteiger partial charge in [-0.1, -0.05) is 30.0 Å². The number of para-hydroxylation sites is 1. The summed E-state index contributed by atoms with van der Waals surface area (Å²) >= 11 is 0. The summed E-state index contributed by atoms with van der Waals surface area (Å²) in [7, 11) is 1.52. The number of esters is 2. The molecule has 1 amide bonds. The van der Waals surface area contributed by atoms with E-state index in [1.54, 1.807) is 55.5 Å². The molecule has 1 aliphatic carbocycles. The van der Waals surface area contributed by atoms with Crippen molar-refractivity contribution in [2.45, 2.75) is 31.2 Å². The summed E-state index contributed by atoms with van der Waals surface area (Å²) in [5.74, 6) is 3.91. The average molecular weight is 433 g/mol. The number of nitrogens with one attached hydrogen (secondary N) is 1. The Bertz CT molecular complexity index is 1110. The van der Waals surface area contributed by atoms with Gasteiger partial charge in [-0.3, -0.25) is 4.79 Å². The lowest BCUT2D eigenvalue weighted by atomic mass is 9.76. The molecule has 1 heterocycles. The molecule has 0 aromatic heterocycles. The third kappa shape index (κ3) is 3.92. The van der Waals surface area contributed by atoms with Crippen LogP contribution in [0.1, 0.15) is 41.6 Å². The van der Waals surface area contributed by atoms with Gasteiger partial charge in [-0.2, -0.15) is 0 Å². The molecular weight excluding hydrogens is 410 g/mol. The van der Waals surface area contributed by atoms with E-state index in [1.807, 2.05) is 0 Å². The largest absolute Gasteiger partial charge is 0.497 e. The summed E-state index contributed by atoms with van der Waals surface area (Å²) in [4.78, 5) is 39.7. The van der Waals surface area contributed by atoms with Crippen molar-refractivity contribution in [3.63, 3.8) is 0 Å².